The predicted octanol–water partition coefficient (Wildman–Crippen LogP) is 2.52. The fourth-order valence-electron chi connectivity index (χ4n) is 2.49. The lowest BCUT2D eigenvalue weighted by atomic mass is 10.1. The molecule has 0 radical (unpaired) electrons. The number of amides is 2. The van der Waals surface area contributed by atoms with Gasteiger partial charge in [0.1, 0.15) is 5.57 Å². The summed E-state index contributed by atoms with van der Waals surface area (Å²) in [4.78, 5) is 24.8. The van der Waals surface area contributed by atoms with Gasteiger partial charge in [0.2, 0.25) is 5.75 Å². The number of aromatic hydroxyl groups is 1. The van der Waals surface area contributed by atoms with Gasteiger partial charge in [-0.05, 0) is 48.0 Å². The van der Waals surface area contributed by atoms with Crippen molar-refractivity contribution >= 4 is 35.2 Å². The third-order valence-electron chi connectivity index (χ3n) is 3.79. The number of hydrogen-bond donors (Lipinski definition) is 2. The largest absolute Gasteiger partial charge is 0.502 e. The molecule has 0 aromatic heterocycles. The Balaban J connectivity index is 1.97. The molecular formula is C18H15ClN2O5. The molecule has 8 heteroatoms. The Kier molecular flexibility index (Phi) is 4.73. The Hall–Kier alpha value is -3.19. The molecule has 1 aliphatic heterocycles. The minimum atomic E-state index is -0.545. The highest BCUT2D eigenvalue weighted by Crippen LogP contribution is 2.38. The Morgan fingerprint density at radius 3 is 2.19 bits per heavy atom. The maximum absolute atomic E-state index is 12.6. The van der Waals surface area contributed by atoms with E-state index in [1.807, 2.05) is 0 Å². The first kappa shape index (κ1) is 17.6. The van der Waals surface area contributed by atoms with Gasteiger partial charge in [-0.1, -0.05) is 11.6 Å². The Morgan fingerprint density at radius 2 is 1.65 bits per heavy atom. The smallest absolute Gasteiger partial charge is 0.282 e. The van der Waals surface area contributed by atoms with E-state index in [-0.39, 0.29) is 22.8 Å². The summed E-state index contributed by atoms with van der Waals surface area (Å²) in [7, 11) is 2.78. The number of benzene rings is 2. The maximum Gasteiger partial charge on any atom is 0.282 e. The van der Waals surface area contributed by atoms with Crippen molar-refractivity contribution in [2.24, 2.45) is 0 Å². The van der Waals surface area contributed by atoms with E-state index in [0.29, 0.717) is 16.3 Å². The van der Waals surface area contributed by atoms with E-state index in [9.17, 15) is 14.7 Å². The second kappa shape index (κ2) is 6.97. The highest BCUT2D eigenvalue weighted by atomic mass is 35.5. The van der Waals surface area contributed by atoms with Crippen LogP contribution in [0.2, 0.25) is 5.02 Å². The highest BCUT2D eigenvalue weighted by molar-refractivity contribution is 6.32. The number of phenols is 1. The summed E-state index contributed by atoms with van der Waals surface area (Å²) in [6.45, 7) is 0. The molecule has 0 atom stereocenters. The molecule has 0 spiro atoms. The van der Waals surface area contributed by atoms with Crippen LogP contribution >= 0.6 is 11.6 Å². The van der Waals surface area contributed by atoms with Gasteiger partial charge in [-0.25, -0.2) is 5.01 Å². The molecular weight excluding hydrogens is 360 g/mol. The lowest BCUT2D eigenvalue weighted by Gasteiger charge is -2.14. The van der Waals surface area contributed by atoms with Crippen LogP contribution in [0.3, 0.4) is 0 Å². The molecule has 1 saturated heterocycles. The van der Waals surface area contributed by atoms with E-state index >= 15 is 0 Å². The van der Waals surface area contributed by atoms with Gasteiger partial charge in [0.05, 0.1) is 19.9 Å². The summed E-state index contributed by atoms with van der Waals surface area (Å²) in [6, 6.07) is 9.47. The van der Waals surface area contributed by atoms with Gasteiger partial charge in [-0.15, -0.1) is 0 Å². The molecule has 1 fully saturated rings. The topological polar surface area (TPSA) is 88.1 Å². The summed E-state index contributed by atoms with van der Waals surface area (Å²) in [5, 5.41) is 11.6. The number of hydrazine groups is 1. The van der Waals surface area contributed by atoms with Gasteiger partial charge in [0.15, 0.2) is 11.5 Å². The number of nitrogens with zero attached hydrogens (tertiary/aromatic N) is 1. The SMILES string of the molecule is COc1cc(C=C2C(=O)NN(c3ccc(Cl)cc3)C2=O)cc(OC)c1O. The number of nitrogens with one attached hydrogen (secondary N) is 1. The normalized spacial score (nSPS) is 15.3. The third kappa shape index (κ3) is 3.16. The molecule has 2 amide bonds. The second-order valence-electron chi connectivity index (χ2n) is 5.39. The molecule has 1 heterocycles. The first-order valence-corrected chi connectivity index (χ1v) is 7.90. The zero-order chi connectivity index (χ0) is 18.8. The summed E-state index contributed by atoms with van der Waals surface area (Å²) < 4.78 is 10.2. The van der Waals surface area contributed by atoms with Crippen molar-refractivity contribution in [2.75, 3.05) is 19.2 Å². The minimum absolute atomic E-state index is 0.0604. The molecule has 2 aromatic carbocycles. The van der Waals surface area contributed by atoms with E-state index in [0.717, 1.165) is 5.01 Å². The van der Waals surface area contributed by atoms with Gasteiger partial charge in [-0.2, -0.15) is 0 Å². The monoisotopic (exact) mass is 374 g/mol. The lowest BCUT2D eigenvalue weighted by molar-refractivity contribution is -0.117. The minimum Gasteiger partial charge on any atom is -0.502 e. The first-order chi connectivity index (χ1) is 12.4. The van der Waals surface area contributed by atoms with Crippen LogP contribution in [0.15, 0.2) is 42.0 Å². The summed E-state index contributed by atoms with van der Waals surface area (Å²) in [5.74, 6) is -0.894. The average molecular weight is 375 g/mol. The van der Waals surface area contributed by atoms with Crippen molar-refractivity contribution in [3.63, 3.8) is 0 Å². The molecule has 1 aliphatic rings. The molecule has 0 unspecified atom stereocenters. The zero-order valence-electron chi connectivity index (χ0n) is 13.9. The first-order valence-electron chi connectivity index (χ1n) is 7.52. The van der Waals surface area contributed by atoms with Crippen LogP contribution in [0.1, 0.15) is 5.56 Å². The number of ether oxygens (including phenoxy) is 2. The highest BCUT2D eigenvalue weighted by Gasteiger charge is 2.34. The number of halogens is 1. The van der Waals surface area contributed by atoms with Crippen LogP contribution in [0.5, 0.6) is 17.2 Å². The van der Waals surface area contributed by atoms with Gasteiger partial charge in [0.25, 0.3) is 11.8 Å². The molecule has 2 aromatic rings. The number of anilines is 1. The maximum atomic E-state index is 12.6. The lowest BCUT2D eigenvalue weighted by Crippen LogP contribution is -2.35. The van der Waals surface area contributed by atoms with E-state index in [1.165, 1.54) is 32.4 Å². The number of carbonyl (C=O) groups is 2. The molecule has 2 N–H and O–H groups in total. The van der Waals surface area contributed by atoms with Crippen LogP contribution in [-0.4, -0.2) is 31.1 Å². The van der Waals surface area contributed by atoms with Crippen molar-refractivity contribution in [3.05, 3.63) is 52.6 Å². The van der Waals surface area contributed by atoms with Crippen LogP contribution in [0.4, 0.5) is 5.69 Å². The van der Waals surface area contributed by atoms with Crippen LogP contribution < -0.4 is 19.9 Å². The molecule has 0 bridgehead atoms. The molecule has 134 valence electrons. The van der Waals surface area contributed by atoms with Crippen LogP contribution in [0, 0.1) is 0 Å². The number of hydrogen-bond acceptors (Lipinski definition) is 5. The summed E-state index contributed by atoms with van der Waals surface area (Å²) >= 11 is 5.84. The van der Waals surface area contributed by atoms with Gasteiger partial charge in [-0.3, -0.25) is 15.0 Å². The number of rotatable bonds is 4. The molecule has 3 rings (SSSR count). The standard InChI is InChI=1S/C18H15ClN2O5/c1-25-14-8-10(9-15(26-2)16(14)22)7-13-17(23)20-21(18(13)24)12-5-3-11(19)4-6-12/h3-9,22H,1-2H3,(H,20,23). The molecule has 0 aliphatic carbocycles. The summed E-state index contributed by atoms with van der Waals surface area (Å²) in [5.41, 5.74) is 3.39. The Labute approximate surface area is 154 Å². The quantitative estimate of drug-likeness (QED) is 0.634. The molecule has 26 heavy (non-hydrogen) atoms. The van der Waals surface area contributed by atoms with E-state index < -0.39 is 11.8 Å². The average Bonchev–Trinajstić information content (AvgIpc) is 2.91. The fraction of sp³-hybridized carbons (Fsp3) is 0.111. The van der Waals surface area contributed by atoms with Crippen LogP contribution in [-0.2, 0) is 9.59 Å². The van der Waals surface area contributed by atoms with E-state index in [4.69, 9.17) is 21.1 Å². The summed E-state index contributed by atoms with van der Waals surface area (Å²) in [6.07, 6.45) is 1.40. The van der Waals surface area contributed by atoms with Crippen molar-refractivity contribution in [3.8, 4) is 17.2 Å². The third-order valence-corrected chi connectivity index (χ3v) is 4.04. The van der Waals surface area contributed by atoms with Crippen molar-refractivity contribution in [2.45, 2.75) is 0 Å². The van der Waals surface area contributed by atoms with Gasteiger partial charge in [0, 0.05) is 5.02 Å². The van der Waals surface area contributed by atoms with E-state index in [1.54, 1.807) is 24.3 Å². The number of methoxy groups -OCH3 is 2. The zero-order valence-corrected chi connectivity index (χ0v) is 14.7. The fourth-order valence-corrected chi connectivity index (χ4v) is 2.62. The van der Waals surface area contributed by atoms with Crippen molar-refractivity contribution in [1.82, 2.24) is 5.43 Å². The van der Waals surface area contributed by atoms with E-state index in [2.05, 4.69) is 5.43 Å². The Bertz CT molecular complexity index is 883. The number of carbonyl (C=O) groups excluding carboxylic acids is 2. The molecule has 7 nitrogen and oxygen atoms in total. The molecule has 0 saturated carbocycles. The van der Waals surface area contributed by atoms with Crippen molar-refractivity contribution in [1.29, 1.82) is 0 Å². The van der Waals surface area contributed by atoms with Crippen LogP contribution in [0.25, 0.3) is 6.08 Å². The number of phenolic OH excluding ortho intramolecular Hbond substituents is 1. The second-order valence-corrected chi connectivity index (χ2v) is 5.83. The predicted molar refractivity (Wildman–Crippen MR) is 96.3 cm³/mol. The van der Waals surface area contributed by atoms with Crippen molar-refractivity contribution < 1.29 is 24.2 Å². The van der Waals surface area contributed by atoms with Gasteiger partial charge < -0.3 is 14.6 Å². The van der Waals surface area contributed by atoms with Gasteiger partial charge >= 0.3 is 0 Å². The Morgan fingerprint density at radius 1 is 1.08 bits per heavy atom.